The number of rotatable bonds is 3. The number of nitrogens with zero attached hydrogens (tertiary/aromatic N) is 4. The Morgan fingerprint density at radius 1 is 1.00 bits per heavy atom. The first kappa shape index (κ1) is 14.1. The number of aromatic nitrogens is 2. The largest absolute Gasteiger partial charge is 0.353 e. The fraction of sp³-hybridized carbons (Fsp3) is 0.333. The maximum absolute atomic E-state index is 14.3. The molecule has 0 amide bonds. The third-order valence-electron chi connectivity index (χ3n) is 3.65. The molecule has 0 N–H and O–H groups in total. The van der Waals surface area contributed by atoms with Crippen LogP contribution in [0.1, 0.15) is 5.56 Å². The second-order valence-electron chi connectivity index (χ2n) is 4.90. The molecule has 0 radical (unpaired) electrons. The molecular formula is C15H16ClFN4. The van der Waals surface area contributed by atoms with Gasteiger partial charge < -0.3 is 9.80 Å². The van der Waals surface area contributed by atoms with Crippen LogP contribution < -0.4 is 9.80 Å². The zero-order chi connectivity index (χ0) is 14.7. The summed E-state index contributed by atoms with van der Waals surface area (Å²) < 4.78 is 14.3. The van der Waals surface area contributed by atoms with Crippen molar-refractivity contribution in [3.8, 4) is 0 Å². The van der Waals surface area contributed by atoms with Crippen molar-refractivity contribution in [2.45, 2.75) is 5.88 Å². The van der Waals surface area contributed by atoms with Crippen LogP contribution in [0.25, 0.3) is 0 Å². The van der Waals surface area contributed by atoms with Gasteiger partial charge in [0.1, 0.15) is 5.82 Å². The predicted molar refractivity (Wildman–Crippen MR) is 82.4 cm³/mol. The van der Waals surface area contributed by atoms with E-state index in [1.54, 1.807) is 18.5 Å². The molecule has 1 aliphatic rings. The van der Waals surface area contributed by atoms with Gasteiger partial charge in [-0.1, -0.05) is 6.07 Å². The van der Waals surface area contributed by atoms with Gasteiger partial charge in [-0.2, -0.15) is 0 Å². The zero-order valence-electron chi connectivity index (χ0n) is 11.5. The van der Waals surface area contributed by atoms with Gasteiger partial charge in [0.25, 0.3) is 0 Å². The molecule has 2 aromatic rings. The fourth-order valence-corrected chi connectivity index (χ4v) is 2.69. The standard InChI is InChI=1S/C15H16ClFN4/c16-11-12-4-6-19-15(14(12)17)21-9-7-20(8-10-21)13-3-1-2-5-18-13/h1-6H,7-11H2. The number of piperazine rings is 1. The van der Waals surface area contributed by atoms with E-state index in [0.29, 0.717) is 24.5 Å². The van der Waals surface area contributed by atoms with Crippen molar-refractivity contribution in [2.24, 2.45) is 0 Å². The van der Waals surface area contributed by atoms with Crippen LogP contribution in [0.2, 0.25) is 0 Å². The van der Waals surface area contributed by atoms with Crippen molar-refractivity contribution >= 4 is 23.2 Å². The average Bonchev–Trinajstić information content (AvgIpc) is 2.56. The summed E-state index contributed by atoms with van der Waals surface area (Å²) in [5.74, 6) is 1.21. The topological polar surface area (TPSA) is 32.3 Å². The number of alkyl halides is 1. The van der Waals surface area contributed by atoms with Crippen molar-refractivity contribution < 1.29 is 4.39 Å². The lowest BCUT2D eigenvalue weighted by molar-refractivity contribution is 0.580. The van der Waals surface area contributed by atoms with Crippen LogP contribution in [0.4, 0.5) is 16.0 Å². The van der Waals surface area contributed by atoms with E-state index in [1.807, 2.05) is 23.1 Å². The van der Waals surface area contributed by atoms with Crippen molar-refractivity contribution in [3.05, 3.63) is 48.0 Å². The quantitative estimate of drug-likeness (QED) is 0.816. The van der Waals surface area contributed by atoms with E-state index >= 15 is 0 Å². The van der Waals surface area contributed by atoms with E-state index in [0.717, 1.165) is 18.9 Å². The first-order valence-corrected chi connectivity index (χ1v) is 7.43. The minimum Gasteiger partial charge on any atom is -0.353 e. The Morgan fingerprint density at radius 2 is 1.76 bits per heavy atom. The van der Waals surface area contributed by atoms with Gasteiger partial charge in [-0.3, -0.25) is 0 Å². The van der Waals surface area contributed by atoms with Gasteiger partial charge in [-0.25, -0.2) is 14.4 Å². The van der Waals surface area contributed by atoms with Gasteiger partial charge in [0.2, 0.25) is 0 Å². The molecule has 1 fully saturated rings. The molecule has 2 aromatic heterocycles. The van der Waals surface area contributed by atoms with E-state index in [2.05, 4.69) is 14.9 Å². The Bertz CT molecular complexity index is 600. The molecule has 110 valence electrons. The van der Waals surface area contributed by atoms with Gasteiger partial charge in [-0.05, 0) is 18.2 Å². The SMILES string of the molecule is Fc1c(CCl)ccnc1N1CCN(c2ccccn2)CC1. The van der Waals surface area contributed by atoms with Gasteiger partial charge in [-0.15, -0.1) is 11.6 Å². The van der Waals surface area contributed by atoms with Crippen LogP contribution in [0.15, 0.2) is 36.7 Å². The summed E-state index contributed by atoms with van der Waals surface area (Å²) in [7, 11) is 0. The Hall–Kier alpha value is -1.88. The number of hydrogen-bond acceptors (Lipinski definition) is 4. The molecule has 1 aliphatic heterocycles. The molecule has 0 unspecified atom stereocenters. The normalized spacial score (nSPS) is 15.3. The highest BCUT2D eigenvalue weighted by Crippen LogP contribution is 2.23. The minimum atomic E-state index is -0.307. The van der Waals surface area contributed by atoms with Crippen LogP contribution in [0, 0.1) is 5.82 Å². The maximum Gasteiger partial charge on any atom is 0.170 e. The van der Waals surface area contributed by atoms with E-state index < -0.39 is 0 Å². The highest BCUT2D eigenvalue weighted by molar-refractivity contribution is 6.17. The summed E-state index contributed by atoms with van der Waals surface area (Å²) in [6, 6.07) is 7.48. The Balaban J connectivity index is 1.72. The summed E-state index contributed by atoms with van der Waals surface area (Å²) in [6.07, 6.45) is 3.40. The fourth-order valence-electron chi connectivity index (χ4n) is 2.48. The lowest BCUT2D eigenvalue weighted by Gasteiger charge is -2.36. The lowest BCUT2D eigenvalue weighted by Crippen LogP contribution is -2.47. The summed E-state index contributed by atoms with van der Waals surface area (Å²) in [5, 5.41) is 0. The van der Waals surface area contributed by atoms with Crippen LogP contribution >= 0.6 is 11.6 Å². The second kappa shape index (κ2) is 6.26. The van der Waals surface area contributed by atoms with Gasteiger partial charge in [0.05, 0.1) is 5.88 Å². The smallest absolute Gasteiger partial charge is 0.170 e. The first-order chi connectivity index (χ1) is 10.3. The highest BCUT2D eigenvalue weighted by Gasteiger charge is 2.22. The third-order valence-corrected chi connectivity index (χ3v) is 3.94. The molecule has 3 heterocycles. The molecule has 0 spiro atoms. The first-order valence-electron chi connectivity index (χ1n) is 6.90. The maximum atomic E-state index is 14.3. The summed E-state index contributed by atoms with van der Waals surface area (Å²) in [4.78, 5) is 12.7. The van der Waals surface area contributed by atoms with Crippen molar-refractivity contribution in [3.63, 3.8) is 0 Å². The van der Waals surface area contributed by atoms with E-state index in [4.69, 9.17) is 11.6 Å². The van der Waals surface area contributed by atoms with Crippen LogP contribution in [-0.4, -0.2) is 36.1 Å². The number of hydrogen-bond donors (Lipinski definition) is 0. The summed E-state index contributed by atoms with van der Waals surface area (Å²) in [6.45, 7) is 3.02. The molecule has 21 heavy (non-hydrogen) atoms. The van der Waals surface area contributed by atoms with Crippen LogP contribution in [-0.2, 0) is 5.88 Å². The molecule has 4 nitrogen and oxygen atoms in total. The zero-order valence-corrected chi connectivity index (χ0v) is 12.3. The molecule has 0 saturated carbocycles. The predicted octanol–water partition coefficient (Wildman–Crippen LogP) is 2.68. The number of pyridine rings is 2. The Labute approximate surface area is 128 Å². The van der Waals surface area contributed by atoms with Crippen LogP contribution in [0.5, 0.6) is 0 Å². The van der Waals surface area contributed by atoms with Gasteiger partial charge in [0.15, 0.2) is 11.6 Å². The third kappa shape index (κ3) is 2.93. The molecule has 0 atom stereocenters. The Morgan fingerprint density at radius 3 is 2.43 bits per heavy atom. The van der Waals surface area contributed by atoms with Crippen molar-refractivity contribution in [1.82, 2.24) is 9.97 Å². The number of halogens is 2. The Kier molecular flexibility index (Phi) is 4.20. The highest BCUT2D eigenvalue weighted by atomic mass is 35.5. The van der Waals surface area contributed by atoms with E-state index in [9.17, 15) is 4.39 Å². The van der Waals surface area contributed by atoms with Crippen LogP contribution in [0.3, 0.4) is 0 Å². The van der Waals surface area contributed by atoms with E-state index in [1.165, 1.54) is 0 Å². The minimum absolute atomic E-state index is 0.162. The van der Waals surface area contributed by atoms with E-state index in [-0.39, 0.29) is 11.7 Å². The summed E-state index contributed by atoms with van der Waals surface area (Å²) in [5.41, 5.74) is 0.494. The molecule has 1 saturated heterocycles. The molecule has 3 rings (SSSR count). The molecule has 0 aromatic carbocycles. The van der Waals surface area contributed by atoms with Gasteiger partial charge in [0, 0.05) is 44.1 Å². The second-order valence-corrected chi connectivity index (χ2v) is 5.17. The lowest BCUT2D eigenvalue weighted by atomic mass is 10.2. The van der Waals surface area contributed by atoms with Crippen molar-refractivity contribution in [2.75, 3.05) is 36.0 Å². The van der Waals surface area contributed by atoms with Crippen molar-refractivity contribution in [1.29, 1.82) is 0 Å². The molecular weight excluding hydrogens is 291 g/mol. The molecule has 0 bridgehead atoms. The molecule has 0 aliphatic carbocycles. The average molecular weight is 307 g/mol. The number of anilines is 2. The molecule has 6 heteroatoms. The van der Waals surface area contributed by atoms with Gasteiger partial charge >= 0.3 is 0 Å². The summed E-state index contributed by atoms with van der Waals surface area (Å²) >= 11 is 5.74. The monoisotopic (exact) mass is 306 g/mol.